The molecule has 0 aliphatic carbocycles. The fraction of sp³-hybridized carbons (Fsp3) is 0.385. The van der Waals surface area contributed by atoms with E-state index in [1.807, 2.05) is 26.0 Å². The van der Waals surface area contributed by atoms with Gasteiger partial charge in [-0.25, -0.2) is 8.42 Å². The molecule has 0 fully saturated rings. The molecule has 1 atom stereocenters. The highest BCUT2D eigenvalue weighted by molar-refractivity contribution is 7.94. The van der Waals surface area contributed by atoms with Crippen LogP contribution in [0.2, 0.25) is 0 Å². The average Bonchev–Trinajstić information content (AvgIpc) is 2.63. The molecule has 0 saturated heterocycles. The van der Waals surface area contributed by atoms with Crippen molar-refractivity contribution in [2.24, 2.45) is 0 Å². The van der Waals surface area contributed by atoms with Crippen molar-refractivity contribution in [2.45, 2.75) is 26.4 Å². The first-order valence-electron chi connectivity index (χ1n) is 5.81. The maximum atomic E-state index is 11.2. The Morgan fingerprint density at radius 1 is 1.33 bits per heavy atom. The van der Waals surface area contributed by atoms with E-state index in [1.165, 1.54) is 5.41 Å². The minimum absolute atomic E-state index is 0.121. The van der Waals surface area contributed by atoms with Crippen LogP contribution in [0.1, 0.15) is 16.7 Å². The van der Waals surface area contributed by atoms with Gasteiger partial charge in [-0.3, -0.25) is 0 Å². The Morgan fingerprint density at radius 2 is 1.94 bits per heavy atom. The first-order chi connectivity index (χ1) is 8.37. The number of aryl methyl sites for hydroxylation is 2. The lowest BCUT2D eigenvalue weighted by molar-refractivity contribution is 0.466. The number of hydrogen-bond donors (Lipinski definition) is 2. The molecule has 1 heterocycles. The number of rotatable bonds is 3. The standard InChI is InChI=1S/C13H17NO3S/c1-9-5-11(6-10(2)13(9)15)7-14-12-3-4-18(16,17)8-12/h3-6,12,14-15H,7-8H2,1-2H3. The lowest BCUT2D eigenvalue weighted by atomic mass is 10.1. The van der Waals surface area contributed by atoms with Crippen molar-refractivity contribution in [1.82, 2.24) is 5.32 Å². The molecule has 0 radical (unpaired) electrons. The first kappa shape index (κ1) is 13.1. The average molecular weight is 267 g/mol. The smallest absolute Gasteiger partial charge is 0.173 e. The summed E-state index contributed by atoms with van der Waals surface area (Å²) in [6.07, 6.45) is 1.68. The van der Waals surface area contributed by atoms with Gasteiger partial charge < -0.3 is 10.4 Å². The van der Waals surface area contributed by atoms with Gasteiger partial charge in [-0.05, 0) is 30.5 Å². The second kappa shape index (κ2) is 4.74. The second-order valence-corrected chi connectivity index (χ2v) is 6.65. The summed E-state index contributed by atoms with van der Waals surface area (Å²) in [6.45, 7) is 4.30. The van der Waals surface area contributed by atoms with Crippen LogP contribution in [0, 0.1) is 13.8 Å². The number of sulfone groups is 1. The molecule has 5 heteroatoms. The molecule has 1 aromatic carbocycles. The maximum absolute atomic E-state index is 11.2. The van der Waals surface area contributed by atoms with Crippen molar-refractivity contribution in [2.75, 3.05) is 5.75 Å². The van der Waals surface area contributed by atoms with E-state index >= 15 is 0 Å². The molecule has 2 rings (SSSR count). The van der Waals surface area contributed by atoms with Gasteiger partial charge in [0.25, 0.3) is 0 Å². The quantitative estimate of drug-likeness (QED) is 0.869. The van der Waals surface area contributed by atoms with E-state index in [9.17, 15) is 13.5 Å². The van der Waals surface area contributed by atoms with Crippen LogP contribution in [0.25, 0.3) is 0 Å². The fourth-order valence-corrected chi connectivity index (χ4v) is 3.37. The first-order valence-corrected chi connectivity index (χ1v) is 7.52. The number of nitrogens with one attached hydrogen (secondary N) is 1. The summed E-state index contributed by atoms with van der Waals surface area (Å²) in [6, 6.07) is 3.69. The summed E-state index contributed by atoms with van der Waals surface area (Å²) in [5.74, 6) is 0.449. The predicted molar refractivity (Wildman–Crippen MR) is 71.1 cm³/mol. The zero-order chi connectivity index (χ0) is 13.3. The van der Waals surface area contributed by atoms with Crippen LogP contribution in [0.4, 0.5) is 0 Å². The lowest BCUT2D eigenvalue weighted by Gasteiger charge is -2.12. The van der Waals surface area contributed by atoms with E-state index in [-0.39, 0.29) is 11.8 Å². The second-order valence-electron chi connectivity index (χ2n) is 4.72. The summed E-state index contributed by atoms with van der Waals surface area (Å²) in [5.41, 5.74) is 2.71. The molecule has 0 saturated carbocycles. The molecule has 2 N–H and O–H groups in total. The largest absolute Gasteiger partial charge is 0.507 e. The van der Waals surface area contributed by atoms with Crippen LogP contribution in [0.3, 0.4) is 0 Å². The molecule has 1 aliphatic heterocycles. The van der Waals surface area contributed by atoms with E-state index in [0.717, 1.165) is 16.7 Å². The van der Waals surface area contributed by atoms with Crippen molar-refractivity contribution >= 4 is 9.84 Å². The van der Waals surface area contributed by atoms with Gasteiger partial charge in [0.1, 0.15) is 5.75 Å². The number of phenolic OH excluding ortho intramolecular Hbond substituents is 1. The van der Waals surface area contributed by atoms with Gasteiger partial charge in [0.2, 0.25) is 0 Å². The Labute approximate surface area is 107 Å². The normalized spacial score (nSPS) is 21.3. The van der Waals surface area contributed by atoms with Gasteiger partial charge in [0, 0.05) is 18.0 Å². The van der Waals surface area contributed by atoms with Gasteiger partial charge in [0.15, 0.2) is 9.84 Å². The molecule has 18 heavy (non-hydrogen) atoms. The van der Waals surface area contributed by atoms with Gasteiger partial charge in [-0.2, -0.15) is 0 Å². The Morgan fingerprint density at radius 3 is 2.44 bits per heavy atom. The Bertz CT molecular complexity index is 567. The summed E-state index contributed by atoms with van der Waals surface area (Å²) in [7, 11) is -3.01. The SMILES string of the molecule is Cc1cc(CNC2C=CS(=O)(=O)C2)cc(C)c1O. The maximum Gasteiger partial charge on any atom is 0.173 e. The molecule has 1 aliphatic rings. The van der Waals surface area contributed by atoms with Crippen LogP contribution in [0.5, 0.6) is 5.75 Å². The van der Waals surface area contributed by atoms with Gasteiger partial charge in [-0.15, -0.1) is 0 Å². The summed E-state index contributed by atoms with van der Waals surface area (Å²) < 4.78 is 22.5. The van der Waals surface area contributed by atoms with Crippen LogP contribution in [-0.4, -0.2) is 25.3 Å². The molecule has 0 amide bonds. The van der Waals surface area contributed by atoms with E-state index in [1.54, 1.807) is 6.08 Å². The van der Waals surface area contributed by atoms with E-state index in [4.69, 9.17) is 0 Å². The minimum Gasteiger partial charge on any atom is -0.507 e. The van der Waals surface area contributed by atoms with E-state index < -0.39 is 9.84 Å². The van der Waals surface area contributed by atoms with Crippen molar-refractivity contribution in [3.05, 3.63) is 40.3 Å². The Hall–Kier alpha value is -1.33. The number of benzene rings is 1. The third kappa shape index (κ3) is 2.91. The Kier molecular flexibility index (Phi) is 3.45. The van der Waals surface area contributed by atoms with Crippen molar-refractivity contribution < 1.29 is 13.5 Å². The molecule has 4 nitrogen and oxygen atoms in total. The number of phenols is 1. The van der Waals surface area contributed by atoms with Crippen LogP contribution in [0.15, 0.2) is 23.6 Å². The van der Waals surface area contributed by atoms with Crippen LogP contribution >= 0.6 is 0 Å². The highest BCUT2D eigenvalue weighted by Crippen LogP contribution is 2.23. The highest BCUT2D eigenvalue weighted by atomic mass is 32.2. The van der Waals surface area contributed by atoms with Gasteiger partial charge in [-0.1, -0.05) is 18.2 Å². The zero-order valence-corrected chi connectivity index (χ0v) is 11.3. The van der Waals surface area contributed by atoms with Crippen LogP contribution in [-0.2, 0) is 16.4 Å². The summed E-state index contributed by atoms with van der Waals surface area (Å²) >= 11 is 0. The van der Waals surface area contributed by atoms with Crippen molar-refractivity contribution in [1.29, 1.82) is 0 Å². The molecular weight excluding hydrogens is 250 g/mol. The monoisotopic (exact) mass is 267 g/mol. The van der Waals surface area contributed by atoms with Gasteiger partial charge in [0.05, 0.1) is 5.75 Å². The number of hydrogen-bond acceptors (Lipinski definition) is 4. The van der Waals surface area contributed by atoms with Crippen molar-refractivity contribution in [3.63, 3.8) is 0 Å². The highest BCUT2D eigenvalue weighted by Gasteiger charge is 2.20. The molecule has 0 aromatic heterocycles. The zero-order valence-electron chi connectivity index (χ0n) is 10.5. The molecule has 1 aromatic rings. The minimum atomic E-state index is -3.01. The molecule has 1 unspecified atom stereocenters. The summed E-state index contributed by atoms with van der Waals surface area (Å²) in [5, 5.41) is 14.1. The van der Waals surface area contributed by atoms with Gasteiger partial charge >= 0.3 is 0 Å². The molecule has 98 valence electrons. The molecular formula is C13H17NO3S. The number of aromatic hydroxyl groups is 1. The third-order valence-electron chi connectivity index (χ3n) is 3.05. The van der Waals surface area contributed by atoms with E-state index in [0.29, 0.717) is 12.3 Å². The van der Waals surface area contributed by atoms with E-state index in [2.05, 4.69) is 5.32 Å². The molecule has 0 spiro atoms. The molecule has 0 bridgehead atoms. The fourth-order valence-electron chi connectivity index (χ4n) is 2.10. The summed E-state index contributed by atoms with van der Waals surface area (Å²) in [4.78, 5) is 0. The topological polar surface area (TPSA) is 66.4 Å². The van der Waals surface area contributed by atoms with Crippen LogP contribution < -0.4 is 5.32 Å². The Balaban J connectivity index is 2.02. The lowest BCUT2D eigenvalue weighted by Crippen LogP contribution is -2.29. The predicted octanol–water partition coefficient (Wildman–Crippen LogP) is 1.41. The van der Waals surface area contributed by atoms with Crippen molar-refractivity contribution in [3.8, 4) is 5.75 Å². The third-order valence-corrected chi connectivity index (χ3v) is 4.44.